The van der Waals surface area contributed by atoms with Crippen LogP contribution in [0.3, 0.4) is 0 Å². The highest BCUT2D eigenvalue weighted by Crippen LogP contribution is 2.39. The van der Waals surface area contributed by atoms with Crippen LogP contribution >= 0.6 is 0 Å². The first-order valence-corrected chi connectivity index (χ1v) is 10.6. The number of hydrogen-bond acceptors (Lipinski definition) is 4. The highest BCUT2D eigenvalue weighted by Gasteiger charge is 2.47. The number of piperidine rings is 1. The van der Waals surface area contributed by atoms with Crippen LogP contribution in [0.5, 0.6) is 0 Å². The largest absolute Gasteiger partial charge is 0.444 e. The van der Waals surface area contributed by atoms with E-state index in [0.29, 0.717) is 25.1 Å². The van der Waals surface area contributed by atoms with E-state index in [1.54, 1.807) is 12.1 Å². The number of hydrogen-bond donors (Lipinski definition) is 2. The molecular formula is C23H22F6N2O3. The molecule has 5 nitrogen and oxygen atoms in total. The maximum Gasteiger partial charge on any atom is 0.416 e. The summed E-state index contributed by atoms with van der Waals surface area (Å²) in [5.74, 6) is 0. The number of alkyl carbamates (subject to hydrolysis) is 1. The number of fused-ring (bicyclic) bond motifs is 1. The molecule has 0 spiro atoms. The molecule has 184 valence electrons. The number of ether oxygens (including phenoxy) is 2. The van der Waals surface area contributed by atoms with E-state index in [9.17, 15) is 31.1 Å². The van der Waals surface area contributed by atoms with Crippen molar-refractivity contribution < 1.29 is 40.6 Å². The van der Waals surface area contributed by atoms with Crippen molar-refractivity contribution in [2.75, 3.05) is 13.2 Å². The number of carbonyl (C=O) groups is 1. The third-order valence-corrected chi connectivity index (χ3v) is 6.21. The zero-order valence-electron chi connectivity index (χ0n) is 18.0. The lowest BCUT2D eigenvalue weighted by atomic mass is 9.80. The Morgan fingerprint density at radius 3 is 2.26 bits per heavy atom. The fourth-order valence-corrected chi connectivity index (χ4v) is 4.33. The first-order chi connectivity index (χ1) is 15.9. The Bertz CT molecular complexity index is 1010. The van der Waals surface area contributed by atoms with E-state index in [-0.39, 0.29) is 24.3 Å². The fraction of sp³-hybridized carbons (Fsp3) is 0.435. The van der Waals surface area contributed by atoms with Crippen LogP contribution in [0, 0.1) is 0 Å². The van der Waals surface area contributed by atoms with Crippen LogP contribution in [0.2, 0.25) is 0 Å². The molecule has 2 aliphatic rings. The molecule has 0 aromatic heterocycles. The second-order valence-electron chi connectivity index (χ2n) is 8.52. The Morgan fingerprint density at radius 1 is 1.06 bits per heavy atom. The van der Waals surface area contributed by atoms with Gasteiger partial charge in [0.25, 0.3) is 0 Å². The second kappa shape index (κ2) is 8.77. The van der Waals surface area contributed by atoms with E-state index in [1.807, 2.05) is 18.2 Å². The van der Waals surface area contributed by atoms with Crippen molar-refractivity contribution in [3.8, 4) is 0 Å². The molecule has 2 saturated heterocycles. The molecule has 0 saturated carbocycles. The number of nitrogens with one attached hydrogen (secondary N) is 2. The van der Waals surface area contributed by atoms with Gasteiger partial charge >= 0.3 is 18.4 Å². The van der Waals surface area contributed by atoms with Gasteiger partial charge in [0.2, 0.25) is 0 Å². The van der Waals surface area contributed by atoms with Crippen LogP contribution in [-0.2, 0) is 27.4 Å². The molecule has 11 heteroatoms. The molecular weight excluding hydrogens is 466 g/mol. The molecule has 2 aromatic carbocycles. The molecule has 2 fully saturated rings. The number of carbonyl (C=O) groups excluding carboxylic acids is 1. The Kier molecular flexibility index (Phi) is 6.28. The summed E-state index contributed by atoms with van der Waals surface area (Å²) in [7, 11) is 0. The van der Waals surface area contributed by atoms with Gasteiger partial charge in [-0.25, -0.2) is 4.79 Å². The average Bonchev–Trinajstić information content (AvgIpc) is 3.15. The molecule has 2 N–H and O–H groups in total. The van der Waals surface area contributed by atoms with Crippen LogP contribution in [0.15, 0.2) is 48.5 Å². The van der Waals surface area contributed by atoms with Gasteiger partial charge in [-0.1, -0.05) is 30.3 Å². The summed E-state index contributed by atoms with van der Waals surface area (Å²) < 4.78 is 90.7. The molecule has 34 heavy (non-hydrogen) atoms. The summed E-state index contributed by atoms with van der Waals surface area (Å²) in [6, 6.07) is 10.3. The Balaban J connectivity index is 1.61. The molecule has 0 aliphatic carbocycles. The van der Waals surface area contributed by atoms with Gasteiger partial charge in [-0.3, -0.25) is 0 Å². The van der Waals surface area contributed by atoms with Gasteiger partial charge in [-0.2, -0.15) is 26.3 Å². The molecule has 0 bridgehead atoms. The summed E-state index contributed by atoms with van der Waals surface area (Å²) in [5, 5.41) is 6.04. The SMILES string of the molecule is C[C@@H](OC[C@@]1(c2ccccc2)CC2OC(=O)N[C@H]2CN1)c1cc(C(F)(F)F)cc(C(F)(F)F)c1. The van der Waals surface area contributed by atoms with Gasteiger partial charge in [0.1, 0.15) is 6.10 Å². The average molecular weight is 488 g/mol. The van der Waals surface area contributed by atoms with E-state index in [4.69, 9.17) is 9.47 Å². The number of amides is 1. The van der Waals surface area contributed by atoms with Gasteiger partial charge in [0.05, 0.1) is 35.4 Å². The maximum absolute atomic E-state index is 13.2. The van der Waals surface area contributed by atoms with Crippen LogP contribution < -0.4 is 10.6 Å². The Labute approximate surface area is 191 Å². The molecule has 2 heterocycles. The maximum atomic E-state index is 13.2. The topological polar surface area (TPSA) is 59.6 Å². The van der Waals surface area contributed by atoms with Crippen molar-refractivity contribution in [2.45, 2.75) is 49.5 Å². The third kappa shape index (κ3) is 5.00. The van der Waals surface area contributed by atoms with Crippen molar-refractivity contribution in [2.24, 2.45) is 0 Å². The predicted molar refractivity (Wildman–Crippen MR) is 109 cm³/mol. The summed E-state index contributed by atoms with van der Waals surface area (Å²) in [6.45, 7) is 1.68. The van der Waals surface area contributed by atoms with Crippen LogP contribution in [0.25, 0.3) is 0 Å². The molecule has 0 radical (unpaired) electrons. The predicted octanol–water partition coefficient (Wildman–Crippen LogP) is 5.17. The van der Waals surface area contributed by atoms with E-state index >= 15 is 0 Å². The first-order valence-electron chi connectivity index (χ1n) is 10.6. The lowest BCUT2D eigenvalue weighted by Crippen LogP contribution is -2.59. The van der Waals surface area contributed by atoms with Gasteiger partial charge in [0, 0.05) is 13.0 Å². The van der Waals surface area contributed by atoms with Crippen LogP contribution in [-0.4, -0.2) is 31.4 Å². The zero-order valence-corrected chi connectivity index (χ0v) is 18.0. The van der Waals surface area contributed by atoms with E-state index in [2.05, 4.69) is 10.6 Å². The van der Waals surface area contributed by atoms with Crippen molar-refractivity contribution in [1.82, 2.24) is 10.6 Å². The molecule has 4 atom stereocenters. The zero-order chi connectivity index (χ0) is 24.7. The summed E-state index contributed by atoms with van der Waals surface area (Å²) in [6.07, 6.45) is -11.7. The summed E-state index contributed by atoms with van der Waals surface area (Å²) in [4.78, 5) is 11.7. The number of rotatable bonds is 5. The summed E-state index contributed by atoms with van der Waals surface area (Å²) >= 11 is 0. The lowest BCUT2D eigenvalue weighted by molar-refractivity contribution is -0.143. The van der Waals surface area contributed by atoms with Crippen molar-refractivity contribution in [3.63, 3.8) is 0 Å². The van der Waals surface area contributed by atoms with Crippen molar-refractivity contribution in [3.05, 3.63) is 70.8 Å². The number of halogens is 6. The van der Waals surface area contributed by atoms with Crippen LogP contribution in [0.4, 0.5) is 31.1 Å². The Morgan fingerprint density at radius 2 is 1.68 bits per heavy atom. The highest BCUT2D eigenvalue weighted by molar-refractivity contribution is 5.70. The number of alkyl halides is 6. The van der Waals surface area contributed by atoms with Crippen molar-refractivity contribution in [1.29, 1.82) is 0 Å². The minimum absolute atomic E-state index is 0.0729. The highest BCUT2D eigenvalue weighted by atomic mass is 19.4. The molecule has 2 aliphatic heterocycles. The number of benzene rings is 2. The van der Waals surface area contributed by atoms with Gasteiger partial charge < -0.3 is 20.1 Å². The van der Waals surface area contributed by atoms with Gasteiger partial charge in [-0.05, 0) is 36.2 Å². The standard InChI is InChI=1S/C23H22F6N2O3/c1-13(14-7-16(22(24,25)26)9-17(8-14)23(27,28)29)33-12-21(15-5-3-2-4-6-15)10-19-18(11-30-21)31-20(32)34-19/h2-9,13,18-19,30H,10-12H2,1H3,(H,31,32)/t13-,18+,19?,21-/m1/s1. The van der Waals surface area contributed by atoms with Gasteiger partial charge in [0.15, 0.2) is 0 Å². The monoisotopic (exact) mass is 488 g/mol. The molecule has 2 aromatic rings. The fourth-order valence-electron chi connectivity index (χ4n) is 4.33. The lowest BCUT2D eigenvalue weighted by Gasteiger charge is -2.42. The first kappa shape index (κ1) is 24.3. The molecule has 4 rings (SSSR count). The van der Waals surface area contributed by atoms with Gasteiger partial charge in [-0.15, -0.1) is 0 Å². The minimum Gasteiger partial charge on any atom is -0.444 e. The normalized spacial score (nSPS) is 25.9. The minimum atomic E-state index is -4.94. The van der Waals surface area contributed by atoms with Crippen molar-refractivity contribution >= 4 is 6.09 Å². The molecule has 1 amide bonds. The van der Waals surface area contributed by atoms with Crippen LogP contribution in [0.1, 0.15) is 41.7 Å². The van der Waals surface area contributed by atoms with E-state index < -0.39 is 47.3 Å². The summed E-state index contributed by atoms with van der Waals surface area (Å²) in [5.41, 5.74) is -3.10. The Hall–Kier alpha value is -2.79. The van der Waals surface area contributed by atoms with E-state index in [1.165, 1.54) is 6.92 Å². The third-order valence-electron chi connectivity index (χ3n) is 6.21. The quantitative estimate of drug-likeness (QED) is 0.571. The van der Waals surface area contributed by atoms with E-state index in [0.717, 1.165) is 5.56 Å². The second-order valence-corrected chi connectivity index (χ2v) is 8.52. The smallest absolute Gasteiger partial charge is 0.416 e. The molecule has 1 unspecified atom stereocenters.